The van der Waals surface area contributed by atoms with Crippen LogP contribution in [-0.4, -0.2) is 149 Å². The van der Waals surface area contributed by atoms with Crippen molar-refractivity contribution in [3.05, 3.63) is 108 Å². The molecule has 0 amide bonds. The number of hydrogen-bond donors (Lipinski definition) is 6. The summed E-state index contributed by atoms with van der Waals surface area (Å²) in [4.78, 5) is 30.4. The number of hydrogen-bond acceptors (Lipinski definition) is 17. The Hall–Kier alpha value is -8.33. The van der Waals surface area contributed by atoms with Gasteiger partial charge in [-0.15, -0.1) is 0 Å². The van der Waals surface area contributed by atoms with Crippen LogP contribution in [0.4, 0.5) is 70.1 Å². The Morgan fingerprint density at radius 3 is 1.27 bits per heavy atom. The number of aromatic amines is 3. The summed E-state index contributed by atoms with van der Waals surface area (Å²) in [5, 5.41) is 21.2. The van der Waals surface area contributed by atoms with Gasteiger partial charge in [-0.25, -0.2) is 29.9 Å². The first-order chi connectivity index (χ1) is 44.1. The highest BCUT2D eigenvalue weighted by atomic mass is 19.4. The average molecular weight is 1330 g/mol. The molecule has 9 aromatic rings. The van der Waals surface area contributed by atoms with Crippen LogP contribution in [0.5, 0.6) is 0 Å². The molecule has 0 aliphatic carbocycles. The minimum Gasteiger partial charge on any atom is -0.370 e. The van der Waals surface area contributed by atoms with Crippen molar-refractivity contribution in [2.45, 2.75) is 102 Å². The molecule has 9 aromatic heterocycles. The number of nitrogens with two attached hydrogens (primary N) is 3. The van der Waals surface area contributed by atoms with Gasteiger partial charge in [0, 0.05) is 102 Å². The van der Waals surface area contributed by atoms with Gasteiger partial charge in [-0.2, -0.15) is 68.0 Å². The molecule has 0 aromatic carbocycles. The quantitative estimate of drug-likeness (QED) is 0.0586. The molecule has 0 bridgehead atoms. The second-order valence-electron chi connectivity index (χ2n) is 23.6. The number of halogens is 12. The fourth-order valence-electron chi connectivity index (χ4n) is 12.3. The SMILES string of the molecule is CC(C)CC1(C(F)(F)F)CN(c2ccc(C(F)(F)F)c(-c3[nH]nc4ncccc34)n2)CCC1N.CCC1(CN)CN(c2ccc(C(F)(F)F)c(-c3[nH]nc4ncccc34)n2)CCO1.CCCC1(CN)CN(c2ccc(C(F)(F)F)c(-c3[nH]nc4ncccc34)n2)CCO1.[HH].[HH].[HH].[HH].[HH].[HH]. The number of H-pyrrole nitrogens is 3. The van der Waals surface area contributed by atoms with Gasteiger partial charge in [0.05, 0.1) is 63.6 Å². The molecule has 93 heavy (non-hydrogen) atoms. The van der Waals surface area contributed by atoms with Crippen LogP contribution in [0.3, 0.4) is 0 Å². The predicted octanol–water partition coefficient (Wildman–Crippen LogP) is 13.0. The van der Waals surface area contributed by atoms with E-state index >= 15 is 0 Å². The number of fused-ring (bicyclic) bond motifs is 3. The summed E-state index contributed by atoms with van der Waals surface area (Å²) in [7, 11) is 0. The zero-order valence-electron chi connectivity index (χ0n) is 50.9. The van der Waals surface area contributed by atoms with Crippen LogP contribution >= 0.6 is 0 Å². The van der Waals surface area contributed by atoms with E-state index in [1.165, 1.54) is 35.6 Å². The number of morpholine rings is 2. The van der Waals surface area contributed by atoms with Gasteiger partial charge in [0.15, 0.2) is 16.9 Å². The molecule has 510 valence electrons. The molecule has 3 aliphatic heterocycles. The average Bonchev–Trinajstić information content (AvgIpc) is 1.15. The van der Waals surface area contributed by atoms with Crippen LogP contribution in [0.1, 0.15) is 85.0 Å². The molecule has 3 saturated heterocycles. The Morgan fingerprint density at radius 1 is 0.548 bits per heavy atom. The number of rotatable bonds is 13. The molecule has 12 heterocycles. The largest absolute Gasteiger partial charge is 0.418 e. The highest BCUT2D eigenvalue weighted by Crippen LogP contribution is 2.50. The van der Waals surface area contributed by atoms with Gasteiger partial charge < -0.3 is 41.4 Å². The summed E-state index contributed by atoms with van der Waals surface area (Å²) in [5.74, 6) is 0.614. The summed E-state index contributed by atoms with van der Waals surface area (Å²) >= 11 is 0. The zero-order chi connectivity index (χ0) is 66.9. The minimum atomic E-state index is -4.74. The molecule has 0 spiro atoms. The van der Waals surface area contributed by atoms with Crippen LogP contribution in [0.25, 0.3) is 67.3 Å². The number of piperidine rings is 1. The Balaban J connectivity index is 0.000000307. The number of nitrogens with one attached hydrogen (secondary N) is 3. The highest BCUT2D eigenvalue weighted by molar-refractivity contribution is 5.92. The summed E-state index contributed by atoms with van der Waals surface area (Å²) < 4.78 is 179. The number of anilines is 3. The monoisotopic (exact) mass is 1320 g/mol. The maximum absolute atomic E-state index is 14.3. The van der Waals surface area contributed by atoms with Crippen molar-refractivity contribution in [3.63, 3.8) is 0 Å². The fraction of sp³-hybridized carbons (Fsp3) is 0.459. The van der Waals surface area contributed by atoms with Crippen molar-refractivity contribution in [2.24, 2.45) is 28.5 Å². The van der Waals surface area contributed by atoms with Crippen LogP contribution in [0.2, 0.25) is 0 Å². The second kappa shape index (κ2) is 26.6. The number of alkyl halides is 12. The lowest BCUT2D eigenvalue weighted by atomic mass is 9.70. The van der Waals surface area contributed by atoms with Crippen molar-refractivity contribution in [1.29, 1.82) is 0 Å². The second-order valence-corrected chi connectivity index (χ2v) is 23.6. The Bertz CT molecular complexity index is 4060. The first-order valence-electron chi connectivity index (χ1n) is 30.0. The molecule has 20 nitrogen and oxygen atoms in total. The van der Waals surface area contributed by atoms with E-state index in [1.54, 1.807) is 50.2 Å². The van der Waals surface area contributed by atoms with E-state index in [2.05, 4.69) is 60.5 Å². The molecule has 3 aliphatic rings. The Labute approximate surface area is 533 Å². The fourth-order valence-corrected chi connectivity index (χ4v) is 12.3. The molecule has 9 N–H and O–H groups in total. The van der Waals surface area contributed by atoms with Crippen molar-refractivity contribution < 1.29 is 70.7 Å². The van der Waals surface area contributed by atoms with Gasteiger partial charge in [-0.05, 0) is 104 Å². The van der Waals surface area contributed by atoms with Gasteiger partial charge in [0.25, 0.3) is 0 Å². The lowest BCUT2D eigenvalue weighted by molar-refractivity contribution is -0.237. The van der Waals surface area contributed by atoms with Crippen molar-refractivity contribution in [2.75, 3.05) is 80.3 Å². The van der Waals surface area contributed by atoms with E-state index in [0.717, 1.165) is 37.1 Å². The van der Waals surface area contributed by atoms with Crippen LogP contribution in [0, 0.1) is 11.3 Å². The number of pyridine rings is 6. The number of nitrogens with zero attached hydrogens (tertiary/aromatic N) is 12. The molecule has 4 unspecified atom stereocenters. The van der Waals surface area contributed by atoms with E-state index < -0.39 is 76.3 Å². The standard InChI is InChI=1S/C22H24F6N6.C20H23F3N6O.C19H21F3N6O.6H2/c1-12(2)10-20(22(26,27)28)11-34(9-7-15(20)29)16-6-5-14(21(23,24)25)18(31-16)17-13-4-3-8-30-19(13)33-32-17;1-2-7-19(11-24)12-29(9-10-30-19)15-6-5-14(20(21,22)23)17(26-15)16-13-4-3-8-25-18(13)28-27-16;1-2-18(10-23)11-28(8-9-29-18)14-6-5-13(19(20,21)22)16(25-14)15-12-4-3-7-24-17(12)27-26-15;;;;;;/h3-6,8,12,15H,7,9-11,29H2,1-2H3,(H,30,32,33);3-6,8H,2,7,9-12,24H2,1H3,(H,25,27,28);3-7H,2,8-11,23H2,1H3,(H,24,26,27);6*1H. The van der Waals surface area contributed by atoms with E-state index in [9.17, 15) is 52.7 Å². The minimum absolute atomic E-state index is 0. The molecule has 0 radical (unpaired) electrons. The summed E-state index contributed by atoms with van der Waals surface area (Å²) in [6.45, 7) is 10.5. The van der Waals surface area contributed by atoms with Gasteiger partial charge >= 0.3 is 24.7 Å². The first kappa shape index (κ1) is 67.6. The molecule has 0 saturated carbocycles. The lowest BCUT2D eigenvalue weighted by Gasteiger charge is -2.49. The van der Waals surface area contributed by atoms with Gasteiger partial charge in [-0.1, -0.05) is 34.1 Å². The topological polar surface area (TPSA) is 270 Å². The van der Waals surface area contributed by atoms with Crippen LogP contribution in [0.15, 0.2) is 91.4 Å². The molecular weight excluding hydrogens is 1240 g/mol. The van der Waals surface area contributed by atoms with E-state index in [0.29, 0.717) is 98.0 Å². The van der Waals surface area contributed by atoms with Gasteiger partial charge in [0.1, 0.15) is 34.5 Å². The van der Waals surface area contributed by atoms with Gasteiger partial charge in [0.2, 0.25) is 0 Å². The summed E-state index contributed by atoms with van der Waals surface area (Å²) in [6.07, 6.45) is -11.7. The Kier molecular flexibility index (Phi) is 19.3. The molecular formula is C61H80F12N18O2. The maximum Gasteiger partial charge on any atom is 0.418 e. The van der Waals surface area contributed by atoms with Gasteiger partial charge in [-0.3, -0.25) is 15.3 Å². The normalized spacial score (nSPS) is 20.9. The third-order valence-corrected chi connectivity index (χ3v) is 17.0. The number of aromatic nitrogens is 12. The van der Waals surface area contributed by atoms with E-state index in [-0.39, 0.29) is 73.8 Å². The third-order valence-electron chi connectivity index (χ3n) is 17.0. The summed E-state index contributed by atoms with van der Waals surface area (Å²) in [6, 6.07) is 15.5. The lowest BCUT2D eigenvalue weighted by Crippen LogP contribution is -2.62. The zero-order valence-corrected chi connectivity index (χ0v) is 50.9. The van der Waals surface area contributed by atoms with Crippen molar-refractivity contribution in [3.8, 4) is 34.2 Å². The smallest absolute Gasteiger partial charge is 0.370 e. The van der Waals surface area contributed by atoms with Crippen molar-refractivity contribution in [1.82, 2.24) is 60.5 Å². The van der Waals surface area contributed by atoms with Crippen LogP contribution < -0.4 is 31.9 Å². The molecule has 4 atom stereocenters. The highest BCUT2D eigenvalue weighted by Gasteiger charge is 2.60. The van der Waals surface area contributed by atoms with Crippen LogP contribution in [-0.2, 0) is 28.0 Å². The maximum atomic E-state index is 14.3. The van der Waals surface area contributed by atoms with E-state index in [1.807, 2.05) is 23.6 Å². The summed E-state index contributed by atoms with van der Waals surface area (Å²) in [5.41, 5.74) is 12.3. The predicted molar refractivity (Wildman–Crippen MR) is 337 cm³/mol. The molecule has 12 rings (SSSR count). The van der Waals surface area contributed by atoms with E-state index in [4.69, 9.17) is 26.7 Å². The molecule has 32 heteroatoms. The molecule has 3 fully saturated rings. The number of ether oxygens (including phenoxy) is 2. The first-order valence-corrected chi connectivity index (χ1v) is 30.0. The van der Waals surface area contributed by atoms with Crippen molar-refractivity contribution >= 4 is 50.6 Å². The third kappa shape index (κ3) is 14.0. The Morgan fingerprint density at radius 2 is 0.925 bits per heavy atom.